The van der Waals surface area contributed by atoms with E-state index in [0.29, 0.717) is 18.5 Å². The first-order chi connectivity index (χ1) is 12.6. The Hall–Kier alpha value is -1.59. The van der Waals surface area contributed by atoms with Gasteiger partial charge in [0.2, 0.25) is 5.91 Å². The van der Waals surface area contributed by atoms with Crippen LogP contribution < -0.4 is 4.90 Å². The molecule has 0 spiro atoms. The van der Waals surface area contributed by atoms with E-state index >= 15 is 0 Å². The maximum atomic E-state index is 12.7. The van der Waals surface area contributed by atoms with Gasteiger partial charge in [-0.15, -0.1) is 0 Å². The van der Waals surface area contributed by atoms with Crippen molar-refractivity contribution in [1.29, 1.82) is 0 Å². The average molecular weight is 359 g/mol. The van der Waals surface area contributed by atoms with Crippen LogP contribution >= 0.6 is 0 Å². The van der Waals surface area contributed by atoms with Crippen molar-refractivity contribution in [2.45, 2.75) is 33.2 Å². The molecule has 5 heteroatoms. The number of nitrogens with zero attached hydrogens (tertiary/aromatic N) is 4. The predicted octanol–water partition coefficient (Wildman–Crippen LogP) is 2.06. The first-order valence-electron chi connectivity index (χ1n) is 10.1. The summed E-state index contributed by atoms with van der Waals surface area (Å²) in [5, 5.41) is 0. The Bertz CT molecular complexity index is 589. The van der Waals surface area contributed by atoms with E-state index in [9.17, 15) is 4.79 Å². The fraction of sp³-hybridized carbons (Fsp3) is 0.667. The number of benzene rings is 1. The smallest absolute Gasteiger partial charge is 0.236 e. The molecule has 144 valence electrons. The van der Waals surface area contributed by atoms with Gasteiger partial charge >= 0.3 is 0 Å². The average Bonchev–Trinajstić information content (AvgIpc) is 2.68. The Morgan fingerprint density at radius 3 is 2.35 bits per heavy atom. The molecule has 1 unspecified atom stereocenters. The Morgan fingerprint density at radius 1 is 1.04 bits per heavy atom. The molecule has 0 N–H and O–H groups in total. The molecule has 1 amide bonds. The van der Waals surface area contributed by atoms with Crippen molar-refractivity contribution in [2.24, 2.45) is 0 Å². The molecule has 26 heavy (non-hydrogen) atoms. The van der Waals surface area contributed by atoms with Gasteiger partial charge in [0.05, 0.1) is 6.54 Å². The molecule has 3 rings (SSSR count). The highest BCUT2D eigenvalue weighted by Gasteiger charge is 2.26. The molecule has 0 aliphatic carbocycles. The zero-order valence-corrected chi connectivity index (χ0v) is 16.7. The fourth-order valence-corrected chi connectivity index (χ4v) is 3.95. The minimum atomic E-state index is 0.304. The predicted molar refractivity (Wildman–Crippen MR) is 108 cm³/mol. The van der Waals surface area contributed by atoms with Crippen molar-refractivity contribution in [3.63, 3.8) is 0 Å². The zero-order chi connectivity index (χ0) is 18.5. The summed E-state index contributed by atoms with van der Waals surface area (Å²) < 4.78 is 0. The van der Waals surface area contributed by atoms with Gasteiger partial charge in [-0.2, -0.15) is 0 Å². The van der Waals surface area contributed by atoms with Crippen LogP contribution in [0.1, 0.15) is 25.8 Å². The molecule has 0 bridgehead atoms. The topological polar surface area (TPSA) is 30.0 Å². The van der Waals surface area contributed by atoms with Crippen molar-refractivity contribution in [2.75, 3.05) is 63.8 Å². The molecule has 0 saturated carbocycles. The van der Waals surface area contributed by atoms with E-state index in [1.54, 1.807) is 0 Å². The number of carbonyl (C=O) groups excluding carboxylic acids is 1. The highest BCUT2D eigenvalue weighted by Crippen LogP contribution is 2.18. The van der Waals surface area contributed by atoms with Crippen LogP contribution in [-0.2, 0) is 4.79 Å². The van der Waals surface area contributed by atoms with Crippen molar-refractivity contribution < 1.29 is 4.79 Å². The summed E-state index contributed by atoms with van der Waals surface area (Å²) in [6, 6.07) is 9.32. The number of hydrogen-bond donors (Lipinski definition) is 0. The van der Waals surface area contributed by atoms with Crippen LogP contribution in [-0.4, -0.2) is 85.6 Å². The van der Waals surface area contributed by atoms with Gasteiger partial charge in [0, 0.05) is 64.1 Å². The van der Waals surface area contributed by atoms with Gasteiger partial charge in [-0.05, 0) is 38.0 Å². The summed E-state index contributed by atoms with van der Waals surface area (Å²) in [7, 11) is 0. The third-order valence-corrected chi connectivity index (χ3v) is 5.98. The van der Waals surface area contributed by atoms with Crippen molar-refractivity contribution >= 4 is 11.6 Å². The monoisotopic (exact) mass is 358 g/mol. The summed E-state index contributed by atoms with van der Waals surface area (Å²) in [5.74, 6) is 0.304. The number of carbonyl (C=O) groups is 1. The number of rotatable bonds is 5. The number of hydrogen-bond acceptors (Lipinski definition) is 4. The minimum absolute atomic E-state index is 0.304. The summed E-state index contributed by atoms with van der Waals surface area (Å²) in [5.41, 5.74) is 2.61. The number of piperazine rings is 2. The van der Waals surface area contributed by atoms with E-state index < -0.39 is 0 Å². The molecule has 0 radical (unpaired) electrons. The molecule has 1 aromatic carbocycles. The molecule has 1 aromatic rings. The van der Waals surface area contributed by atoms with E-state index in [-0.39, 0.29) is 0 Å². The Morgan fingerprint density at radius 2 is 1.73 bits per heavy atom. The largest absolute Gasteiger partial charge is 0.369 e. The summed E-state index contributed by atoms with van der Waals surface area (Å²) >= 11 is 0. The lowest BCUT2D eigenvalue weighted by Gasteiger charge is -2.40. The SMILES string of the molecule is CCC(C)N1CCN(C(=O)CN2CCN(c3cccc(C)c3)CC2)CC1. The highest BCUT2D eigenvalue weighted by molar-refractivity contribution is 5.78. The minimum Gasteiger partial charge on any atom is -0.369 e. The summed E-state index contributed by atoms with van der Waals surface area (Å²) in [4.78, 5) is 22.0. The Labute approximate surface area is 158 Å². The van der Waals surface area contributed by atoms with Crippen LogP contribution in [0.25, 0.3) is 0 Å². The summed E-state index contributed by atoms with van der Waals surface area (Å²) in [6.45, 7) is 15.0. The third-order valence-electron chi connectivity index (χ3n) is 5.98. The Balaban J connectivity index is 1.42. The number of aryl methyl sites for hydroxylation is 1. The van der Waals surface area contributed by atoms with Crippen LogP contribution in [0.2, 0.25) is 0 Å². The van der Waals surface area contributed by atoms with Gasteiger partial charge < -0.3 is 9.80 Å². The molecule has 2 aliphatic rings. The van der Waals surface area contributed by atoms with Crippen LogP contribution in [0.5, 0.6) is 0 Å². The quantitative estimate of drug-likeness (QED) is 0.806. The van der Waals surface area contributed by atoms with Gasteiger partial charge in [-0.25, -0.2) is 0 Å². The second kappa shape index (κ2) is 8.87. The second-order valence-corrected chi connectivity index (χ2v) is 7.78. The molecule has 2 saturated heterocycles. The van der Waals surface area contributed by atoms with Gasteiger partial charge in [-0.3, -0.25) is 14.6 Å². The van der Waals surface area contributed by atoms with Crippen LogP contribution in [0, 0.1) is 6.92 Å². The van der Waals surface area contributed by atoms with Crippen molar-refractivity contribution in [3.8, 4) is 0 Å². The second-order valence-electron chi connectivity index (χ2n) is 7.78. The molecule has 2 fully saturated rings. The van der Waals surface area contributed by atoms with Gasteiger partial charge in [0.25, 0.3) is 0 Å². The summed E-state index contributed by atoms with van der Waals surface area (Å²) in [6.07, 6.45) is 1.18. The van der Waals surface area contributed by atoms with E-state index in [1.807, 2.05) is 0 Å². The first kappa shape index (κ1) is 19.2. The van der Waals surface area contributed by atoms with Gasteiger partial charge in [0.1, 0.15) is 0 Å². The van der Waals surface area contributed by atoms with Crippen LogP contribution in [0.3, 0.4) is 0 Å². The maximum absolute atomic E-state index is 12.7. The lowest BCUT2D eigenvalue weighted by atomic mass is 10.2. The fourth-order valence-electron chi connectivity index (χ4n) is 3.95. The molecule has 2 heterocycles. The number of anilines is 1. The van der Waals surface area contributed by atoms with E-state index in [1.165, 1.54) is 17.7 Å². The standard InChI is InChI=1S/C21H34N4O/c1-4-19(3)23-12-14-25(15-13-23)21(26)17-22-8-10-24(11-9-22)20-7-5-6-18(2)16-20/h5-7,16,19H,4,8-15,17H2,1-3H3. The van der Waals surface area contributed by atoms with Crippen LogP contribution in [0.4, 0.5) is 5.69 Å². The molecule has 0 aromatic heterocycles. The molecular formula is C21H34N4O. The van der Waals surface area contributed by atoms with Crippen LogP contribution in [0.15, 0.2) is 24.3 Å². The molecular weight excluding hydrogens is 324 g/mol. The number of amides is 1. The molecule has 2 aliphatic heterocycles. The first-order valence-corrected chi connectivity index (χ1v) is 10.1. The van der Waals surface area contributed by atoms with Gasteiger partial charge in [0.15, 0.2) is 0 Å². The maximum Gasteiger partial charge on any atom is 0.236 e. The van der Waals surface area contributed by atoms with E-state index in [0.717, 1.165) is 52.4 Å². The van der Waals surface area contributed by atoms with Crippen molar-refractivity contribution in [3.05, 3.63) is 29.8 Å². The molecule has 5 nitrogen and oxygen atoms in total. The normalized spacial score (nSPS) is 21.0. The van der Waals surface area contributed by atoms with E-state index in [2.05, 4.69) is 64.6 Å². The zero-order valence-electron chi connectivity index (χ0n) is 16.7. The van der Waals surface area contributed by atoms with E-state index in [4.69, 9.17) is 0 Å². The molecule has 1 atom stereocenters. The lowest BCUT2D eigenvalue weighted by Crippen LogP contribution is -2.55. The van der Waals surface area contributed by atoms with Crippen molar-refractivity contribution in [1.82, 2.24) is 14.7 Å². The third kappa shape index (κ3) is 4.77. The Kier molecular flexibility index (Phi) is 6.54. The van der Waals surface area contributed by atoms with Gasteiger partial charge in [-0.1, -0.05) is 19.1 Å². The lowest BCUT2D eigenvalue weighted by molar-refractivity contribution is -0.134. The highest BCUT2D eigenvalue weighted by atomic mass is 16.2.